The van der Waals surface area contributed by atoms with Gasteiger partial charge in [0.1, 0.15) is 5.01 Å². The van der Waals surface area contributed by atoms with Crippen molar-refractivity contribution < 1.29 is 0 Å². The standard InChI is InChI=1S/C11H17N7S/c1-11(2,7-13-5-6-19-7)17-9-14-8(12)15-10(16-9)18(3)4/h5-6H,1-4H3,(H3,12,14,15,16,17). The highest BCUT2D eigenvalue weighted by atomic mass is 32.1. The summed E-state index contributed by atoms with van der Waals surface area (Å²) in [6.07, 6.45) is 1.77. The van der Waals surface area contributed by atoms with E-state index in [1.165, 1.54) is 0 Å². The van der Waals surface area contributed by atoms with E-state index >= 15 is 0 Å². The number of thiazole rings is 1. The molecule has 0 saturated carbocycles. The molecule has 0 aliphatic heterocycles. The lowest BCUT2D eigenvalue weighted by atomic mass is 10.1. The molecule has 102 valence electrons. The zero-order valence-corrected chi connectivity index (χ0v) is 12.2. The number of anilines is 3. The van der Waals surface area contributed by atoms with Crippen LogP contribution in [0.4, 0.5) is 17.8 Å². The van der Waals surface area contributed by atoms with Gasteiger partial charge < -0.3 is 16.0 Å². The molecule has 2 heterocycles. The van der Waals surface area contributed by atoms with Crippen molar-refractivity contribution >= 4 is 29.2 Å². The topological polar surface area (TPSA) is 92.9 Å². The highest BCUT2D eigenvalue weighted by molar-refractivity contribution is 7.09. The van der Waals surface area contributed by atoms with Crippen molar-refractivity contribution in [3.8, 4) is 0 Å². The maximum atomic E-state index is 5.69. The number of nitrogens with two attached hydrogens (primary N) is 1. The second-order valence-corrected chi connectivity index (χ2v) is 5.69. The van der Waals surface area contributed by atoms with E-state index in [2.05, 4.69) is 25.3 Å². The van der Waals surface area contributed by atoms with E-state index in [1.54, 1.807) is 22.4 Å². The number of hydrogen-bond acceptors (Lipinski definition) is 8. The fourth-order valence-corrected chi connectivity index (χ4v) is 2.22. The fraction of sp³-hybridized carbons (Fsp3) is 0.455. The summed E-state index contributed by atoms with van der Waals surface area (Å²) in [5.74, 6) is 1.15. The van der Waals surface area contributed by atoms with Crippen LogP contribution in [0.2, 0.25) is 0 Å². The average molecular weight is 279 g/mol. The first-order valence-corrected chi connectivity index (χ1v) is 6.63. The van der Waals surface area contributed by atoms with Gasteiger partial charge in [0.05, 0.1) is 5.54 Å². The highest BCUT2D eigenvalue weighted by Crippen LogP contribution is 2.26. The van der Waals surface area contributed by atoms with Gasteiger partial charge in [0, 0.05) is 25.7 Å². The van der Waals surface area contributed by atoms with Gasteiger partial charge in [0.2, 0.25) is 17.8 Å². The molecule has 2 aromatic rings. The quantitative estimate of drug-likeness (QED) is 0.871. The Hall–Kier alpha value is -1.96. The Morgan fingerprint density at radius 2 is 2.00 bits per heavy atom. The maximum Gasteiger partial charge on any atom is 0.231 e. The smallest absolute Gasteiger partial charge is 0.231 e. The molecule has 0 aliphatic carbocycles. The number of rotatable bonds is 4. The summed E-state index contributed by atoms with van der Waals surface area (Å²) in [5, 5.41) is 6.13. The van der Waals surface area contributed by atoms with Gasteiger partial charge in [-0.05, 0) is 13.8 Å². The predicted octanol–water partition coefficient (Wildman–Crippen LogP) is 1.32. The van der Waals surface area contributed by atoms with Crippen molar-refractivity contribution in [3.05, 3.63) is 16.6 Å². The molecular formula is C11H17N7S. The second kappa shape index (κ2) is 4.96. The Morgan fingerprint density at radius 1 is 1.26 bits per heavy atom. The third kappa shape index (κ3) is 3.08. The molecule has 0 bridgehead atoms. The van der Waals surface area contributed by atoms with Gasteiger partial charge in [-0.2, -0.15) is 15.0 Å². The first-order valence-electron chi connectivity index (χ1n) is 5.75. The monoisotopic (exact) mass is 279 g/mol. The molecule has 0 saturated heterocycles. The van der Waals surface area contributed by atoms with Gasteiger partial charge in [-0.15, -0.1) is 11.3 Å². The van der Waals surface area contributed by atoms with Crippen molar-refractivity contribution in [2.24, 2.45) is 0 Å². The van der Waals surface area contributed by atoms with Gasteiger partial charge in [0.25, 0.3) is 0 Å². The molecule has 0 radical (unpaired) electrons. The van der Waals surface area contributed by atoms with E-state index in [0.29, 0.717) is 11.9 Å². The van der Waals surface area contributed by atoms with Gasteiger partial charge in [-0.1, -0.05) is 0 Å². The summed E-state index contributed by atoms with van der Waals surface area (Å²) in [6, 6.07) is 0. The Morgan fingerprint density at radius 3 is 2.58 bits per heavy atom. The van der Waals surface area contributed by atoms with Crippen molar-refractivity contribution in [1.82, 2.24) is 19.9 Å². The minimum Gasteiger partial charge on any atom is -0.368 e. The van der Waals surface area contributed by atoms with Crippen LogP contribution in [0.1, 0.15) is 18.9 Å². The molecule has 0 atom stereocenters. The van der Waals surface area contributed by atoms with E-state index in [4.69, 9.17) is 5.73 Å². The molecule has 19 heavy (non-hydrogen) atoms. The summed E-state index contributed by atoms with van der Waals surface area (Å²) in [4.78, 5) is 18.6. The summed E-state index contributed by atoms with van der Waals surface area (Å²) >= 11 is 1.58. The second-order valence-electron chi connectivity index (χ2n) is 4.80. The zero-order valence-electron chi connectivity index (χ0n) is 11.4. The zero-order chi connectivity index (χ0) is 14.0. The van der Waals surface area contributed by atoms with Gasteiger partial charge in [0.15, 0.2) is 0 Å². The van der Waals surface area contributed by atoms with Crippen LogP contribution in [-0.4, -0.2) is 34.0 Å². The van der Waals surface area contributed by atoms with E-state index in [0.717, 1.165) is 5.01 Å². The Labute approximate surface area is 115 Å². The maximum absolute atomic E-state index is 5.69. The molecule has 3 N–H and O–H groups in total. The van der Waals surface area contributed by atoms with E-state index in [1.807, 2.05) is 33.3 Å². The number of nitrogens with zero attached hydrogens (tertiary/aromatic N) is 5. The first-order chi connectivity index (χ1) is 8.88. The van der Waals surface area contributed by atoms with E-state index in [-0.39, 0.29) is 11.5 Å². The summed E-state index contributed by atoms with van der Waals surface area (Å²) in [5.41, 5.74) is 5.32. The van der Waals surface area contributed by atoms with Crippen LogP contribution in [0.5, 0.6) is 0 Å². The largest absolute Gasteiger partial charge is 0.368 e. The molecule has 0 fully saturated rings. The van der Waals surface area contributed by atoms with E-state index in [9.17, 15) is 0 Å². The SMILES string of the molecule is CN(C)c1nc(N)nc(NC(C)(C)c2nccs2)n1. The first kappa shape index (κ1) is 13.5. The molecule has 7 nitrogen and oxygen atoms in total. The van der Waals surface area contributed by atoms with Crippen LogP contribution in [-0.2, 0) is 5.54 Å². The number of nitrogens with one attached hydrogen (secondary N) is 1. The van der Waals surface area contributed by atoms with Crippen LogP contribution in [0.25, 0.3) is 0 Å². The lowest BCUT2D eigenvalue weighted by Gasteiger charge is -2.24. The number of nitrogen functional groups attached to an aromatic ring is 1. The fourth-order valence-electron chi connectivity index (χ4n) is 1.50. The lowest BCUT2D eigenvalue weighted by molar-refractivity contribution is 0.596. The molecule has 2 rings (SSSR count). The van der Waals surface area contributed by atoms with Crippen LogP contribution >= 0.6 is 11.3 Å². The minimum absolute atomic E-state index is 0.191. The Kier molecular flexibility index (Phi) is 3.52. The number of aromatic nitrogens is 4. The number of hydrogen-bond donors (Lipinski definition) is 2. The van der Waals surface area contributed by atoms with Crippen LogP contribution < -0.4 is 16.0 Å². The van der Waals surface area contributed by atoms with Crippen LogP contribution in [0.3, 0.4) is 0 Å². The molecule has 0 spiro atoms. The average Bonchev–Trinajstić information content (AvgIpc) is 2.81. The summed E-state index contributed by atoms with van der Waals surface area (Å²) in [6.45, 7) is 4.03. The van der Waals surface area contributed by atoms with Crippen molar-refractivity contribution in [3.63, 3.8) is 0 Å². The van der Waals surface area contributed by atoms with Gasteiger partial charge in [-0.25, -0.2) is 4.98 Å². The minimum atomic E-state index is -0.370. The van der Waals surface area contributed by atoms with Crippen LogP contribution in [0.15, 0.2) is 11.6 Å². The Bertz CT molecular complexity index is 550. The summed E-state index contributed by atoms with van der Waals surface area (Å²) < 4.78 is 0. The molecular weight excluding hydrogens is 262 g/mol. The van der Waals surface area contributed by atoms with Gasteiger partial charge >= 0.3 is 0 Å². The molecule has 0 aromatic carbocycles. The third-order valence-corrected chi connectivity index (χ3v) is 3.53. The molecule has 0 aliphatic rings. The highest BCUT2D eigenvalue weighted by Gasteiger charge is 2.24. The lowest BCUT2D eigenvalue weighted by Crippen LogP contribution is -2.29. The molecule has 2 aromatic heterocycles. The molecule has 0 amide bonds. The summed E-state index contributed by atoms with van der Waals surface area (Å²) in [7, 11) is 3.70. The van der Waals surface area contributed by atoms with Crippen molar-refractivity contribution in [1.29, 1.82) is 0 Å². The van der Waals surface area contributed by atoms with Crippen molar-refractivity contribution in [2.75, 3.05) is 30.0 Å². The Balaban J connectivity index is 2.28. The predicted molar refractivity (Wildman–Crippen MR) is 77.3 cm³/mol. The van der Waals surface area contributed by atoms with Crippen molar-refractivity contribution in [2.45, 2.75) is 19.4 Å². The molecule has 8 heteroatoms. The normalized spacial score (nSPS) is 11.4. The molecule has 0 unspecified atom stereocenters. The van der Waals surface area contributed by atoms with Crippen LogP contribution in [0, 0.1) is 0 Å². The van der Waals surface area contributed by atoms with Gasteiger partial charge in [-0.3, -0.25) is 0 Å². The van der Waals surface area contributed by atoms with E-state index < -0.39 is 0 Å². The third-order valence-electron chi connectivity index (χ3n) is 2.43.